The summed E-state index contributed by atoms with van der Waals surface area (Å²) < 4.78 is 11.3. The molecular formula is C32H38N4O5. The average molecular weight is 559 g/mol. The smallest absolute Gasteiger partial charge is 0.252 e. The number of para-hydroxylation sites is 2. The number of benzene rings is 3. The largest absolute Gasteiger partial charge is 0.496 e. The molecule has 216 valence electrons. The van der Waals surface area contributed by atoms with Gasteiger partial charge in [0.05, 0.1) is 37.1 Å². The molecule has 1 unspecified atom stereocenters. The Morgan fingerprint density at radius 3 is 2.41 bits per heavy atom. The maximum Gasteiger partial charge on any atom is 0.252 e. The van der Waals surface area contributed by atoms with Gasteiger partial charge in [0.1, 0.15) is 11.8 Å². The zero-order valence-corrected chi connectivity index (χ0v) is 24.1. The van der Waals surface area contributed by atoms with E-state index in [-0.39, 0.29) is 30.2 Å². The van der Waals surface area contributed by atoms with Crippen molar-refractivity contribution in [1.29, 1.82) is 0 Å². The number of rotatable bonds is 7. The number of likely N-dealkylation sites (N-methyl/N-ethyl adjacent to an activating group) is 1. The molecular weight excluding hydrogens is 520 g/mol. The van der Waals surface area contributed by atoms with Crippen LogP contribution in [0, 0.1) is 5.92 Å². The minimum atomic E-state index is -0.976. The number of hydrogen-bond donors (Lipinski definition) is 2. The Balaban J connectivity index is 1.65. The third-order valence-electron chi connectivity index (χ3n) is 8.32. The van der Waals surface area contributed by atoms with Gasteiger partial charge in [-0.1, -0.05) is 42.5 Å². The van der Waals surface area contributed by atoms with Gasteiger partial charge >= 0.3 is 0 Å². The van der Waals surface area contributed by atoms with Crippen LogP contribution in [0.5, 0.6) is 5.75 Å². The van der Waals surface area contributed by atoms with Gasteiger partial charge in [-0.2, -0.15) is 0 Å². The molecule has 2 aliphatic heterocycles. The molecule has 0 aliphatic carbocycles. The van der Waals surface area contributed by atoms with Gasteiger partial charge in [-0.25, -0.2) is 0 Å². The fourth-order valence-corrected chi connectivity index (χ4v) is 5.80. The van der Waals surface area contributed by atoms with Crippen LogP contribution in [0.2, 0.25) is 0 Å². The number of carbonyl (C=O) groups is 3. The van der Waals surface area contributed by atoms with E-state index in [1.54, 1.807) is 30.9 Å². The van der Waals surface area contributed by atoms with Gasteiger partial charge in [0.15, 0.2) is 0 Å². The first-order chi connectivity index (χ1) is 19.8. The lowest BCUT2D eigenvalue weighted by Gasteiger charge is -2.35. The second-order valence-electron chi connectivity index (χ2n) is 10.7. The Morgan fingerprint density at radius 2 is 1.71 bits per heavy atom. The van der Waals surface area contributed by atoms with Crippen molar-refractivity contribution < 1.29 is 23.9 Å². The van der Waals surface area contributed by atoms with E-state index in [4.69, 9.17) is 9.47 Å². The van der Waals surface area contributed by atoms with Crippen LogP contribution in [0.4, 0.5) is 11.4 Å². The van der Waals surface area contributed by atoms with E-state index in [0.29, 0.717) is 43.2 Å². The summed E-state index contributed by atoms with van der Waals surface area (Å²) in [7, 11) is 3.31. The molecule has 0 saturated carbocycles. The van der Waals surface area contributed by atoms with Crippen molar-refractivity contribution in [2.75, 3.05) is 37.2 Å². The number of nitrogens with one attached hydrogen (secondary N) is 2. The van der Waals surface area contributed by atoms with Crippen molar-refractivity contribution in [1.82, 2.24) is 10.6 Å². The van der Waals surface area contributed by atoms with E-state index in [0.717, 1.165) is 16.3 Å². The third-order valence-corrected chi connectivity index (χ3v) is 8.32. The van der Waals surface area contributed by atoms with Crippen molar-refractivity contribution in [3.8, 4) is 5.75 Å². The molecule has 2 N–H and O–H groups in total. The predicted octanol–water partition coefficient (Wildman–Crippen LogP) is 3.64. The Hall–Kier alpha value is -3.95. The maximum absolute atomic E-state index is 14.5. The van der Waals surface area contributed by atoms with Crippen LogP contribution in [0.25, 0.3) is 10.8 Å². The van der Waals surface area contributed by atoms with Crippen molar-refractivity contribution in [3.05, 3.63) is 66.2 Å². The van der Waals surface area contributed by atoms with E-state index in [2.05, 4.69) is 10.6 Å². The molecule has 0 aromatic heterocycles. The first-order valence-electron chi connectivity index (χ1n) is 14.2. The van der Waals surface area contributed by atoms with E-state index in [9.17, 15) is 14.4 Å². The van der Waals surface area contributed by atoms with E-state index in [1.807, 2.05) is 67.6 Å². The van der Waals surface area contributed by atoms with Crippen LogP contribution in [0.15, 0.2) is 60.7 Å². The minimum absolute atomic E-state index is 0.0634. The lowest BCUT2D eigenvalue weighted by atomic mass is 9.96. The van der Waals surface area contributed by atoms with E-state index >= 15 is 0 Å². The number of methoxy groups -OCH3 is 1. The van der Waals surface area contributed by atoms with Crippen LogP contribution >= 0.6 is 0 Å². The number of fused-ring (bicyclic) bond motifs is 2. The zero-order valence-electron chi connectivity index (χ0n) is 24.1. The Morgan fingerprint density at radius 1 is 1.02 bits per heavy atom. The standard InChI is InChI=1S/C32H38N4O5/c1-20(33-3)30(37)34-29-21(2)36(31(38)23-15-17-41-18-16-23)27-12-8-7-11-26(27)35(32(29)39)19-25-24-10-6-5-9-22(24)13-14-28(25)40-4/h5-14,20-21,23,29,33H,15-19H2,1-4H3,(H,34,37)/t20?,21-,29-/m0/s1. The van der Waals surface area contributed by atoms with Gasteiger partial charge in [0, 0.05) is 24.7 Å². The summed E-state index contributed by atoms with van der Waals surface area (Å²) in [4.78, 5) is 45.2. The summed E-state index contributed by atoms with van der Waals surface area (Å²) in [5, 5.41) is 7.90. The van der Waals surface area contributed by atoms with Gasteiger partial charge in [-0.3, -0.25) is 14.4 Å². The average Bonchev–Trinajstić information content (AvgIpc) is 3.09. The van der Waals surface area contributed by atoms with Crippen molar-refractivity contribution in [2.45, 2.75) is 51.4 Å². The molecule has 3 aromatic rings. The lowest BCUT2D eigenvalue weighted by Crippen LogP contribution is -2.60. The normalized spacial score (nSPS) is 20.3. The second-order valence-corrected chi connectivity index (χ2v) is 10.7. The summed E-state index contributed by atoms with van der Waals surface area (Å²) >= 11 is 0. The highest BCUT2D eigenvalue weighted by atomic mass is 16.5. The number of anilines is 2. The van der Waals surface area contributed by atoms with E-state index < -0.39 is 18.1 Å². The number of amides is 3. The lowest BCUT2D eigenvalue weighted by molar-refractivity contribution is -0.130. The van der Waals surface area contributed by atoms with Crippen molar-refractivity contribution in [2.24, 2.45) is 5.92 Å². The Labute approximate surface area is 240 Å². The molecule has 3 amide bonds. The summed E-state index contributed by atoms with van der Waals surface area (Å²) in [5.41, 5.74) is 2.10. The molecule has 3 aromatic carbocycles. The Kier molecular flexibility index (Phi) is 8.56. The molecule has 9 heteroatoms. The molecule has 0 bridgehead atoms. The molecule has 2 heterocycles. The molecule has 1 fully saturated rings. The van der Waals surface area contributed by atoms with Crippen molar-refractivity contribution >= 4 is 39.9 Å². The maximum atomic E-state index is 14.5. The minimum Gasteiger partial charge on any atom is -0.496 e. The van der Waals surface area contributed by atoms with Gasteiger partial charge in [0.25, 0.3) is 5.91 Å². The van der Waals surface area contributed by atoms with Crippen LogP contribution in [-0.4, -0.2) is 63.2 Å². The summed E-state index contributed by atoms with van der Waals surface area (Å²) in [6.07, 6.45) is 1.23. The summed E-state index contributed by atoms with van der Waals surface area (Å²) in [5.74, 6) is -0.243. The van der Waals surface area contributed by atoms with Gasteiger partial charge in [-0.15, -0.1) is 0 Å². The highest BCUT2D eigenvalue weighted by Gasteiger charge is 2.44. The van der Waals surface area contributed by atoms with Crippen LogP contribution in [0.1, 0.15) is 32.3 Å². The van der Waals surface area contributed by atoms with Crippen molar-refractivity contribution in [3.63, 3.8) is 0 Å². The van der Waals surface area contributed by atoms with Crippen LogP contribution < -0.4 is 25.2 Å². The number of ether oxygens (including phenoxy) is 2. The topological polar surface area (TPSA) is 100 Å². The van der Waals surface area contributed by atoms with E-state index in [1.165, 1.54) is 0 Å². The second kappa shape index (κ2) is 12.3. The molecule has 3 atom stereocenters. The third kappa shape index (κ3) is 5.52. The van der Waals surface area contributed by atoms with Crippen LogP contribution in [-0.2, 0) is 25.7 Å². The quantitative estimate of drug-likeness (QED) is 0.460. The molecule has 0 spiro atoms. The molecule has 0 radical (unpaired) electrons. The number of nitrogens with zero attached hydrogens (tertiary/aromatic N) is 2. The fraction of sp³-hybridized carbons (Fsp3) is 0.406. The predicted molar refractivity (Wildman–Crippen MR) is 159 cm³/mol. The monoisotopic (exact) mass is 558 g/mol. The highest BCUT2D eigenvalue weighted by Crippen LogP contribution is 2.39. The SMILES string of the molecule is CNC(C)C(=O)N[C@@H]1C(=O)N(Cc2c(OC)ccc3ccccc23)c2ccccc2N(C(=O)C2CCOCC2)[C@H]1C. The molecule has 1 saturated heterocycles. The first kappa shape index (κ1) is 28.6. The molecule has 41 heavy (non-hydrogen) atoms. The summed E-state index contributed by atoms with van der Waals surface area (Å²) in [6.45, 7) is 4.81. The zero-order chi connectivity index (χ0) is 29.1. The Bertz CT molecular complexity index is 1440. The number of carbonyl (C=O) groups excluding carboxylic acids is 3. The van der Waals surface area contributed by atoms with Gasteiger partial charge in [-0.05, 0) is 62.7 Å². The van der Waals surface area contributed by atoms with Crippen LogP contribution in [0.3, 0.4) is 0 Å². The van der Waals surface area contributed by atoms with Gasteiger partial charge in [0.2, 0.25) is 11.8 Å². The fourth-order valence-electron chi connectivity index (χ4n) is 5.80. The molecule has 5 rings (SSSR count). The highest BCUT2D eigenvalue weighted by molar-refractivity contribution is 6.09. The number of hydrogen-bond acceptors (Lipinski definition) is 6. The summed E-state index contributed by atoms with van der Waals surface area (Å²) in [6, 6.07) is 17.2. The first-order valence-corrected chi connectivity index (χ1v) is 14.2. The molecule has 9 nitrogen and oxygen atoms in total. The molecule has 2 aliphatic rings. The van der Waals surface area contributed by atoms with Gasteiger partial charge < -0.3 is 29.9 Å².